The van der Waals surface area contributed by atoms with Crippen LogP contribution in [-0.2, 0) is 6.42 Å². The van der Waals surface area contributed by atoms with Crippen molar-refractivity contribution in [2.75, 3.05) is 0 Å². The summed E-state index contributed by atoms with van der Waals surface area (Å²) in [6.45, 7) is 3.61. The van der Waals surface area contributed by atoms with E-state index >= 15 is 0 Å². The van der Waals surface area contributed by atoms with E-state index in [0.29, 0.717) is 16.7 Å². The maximum Gasteiger partial charge on any atom is 0.157 e. The summed E-state index contributed by atoms with van der Waals surface area (Å²) >= 11 is 0. The molecular weight excluding hydrogens is 300 g/mol. The SMILES string of the molecule is C=Cc1c(O)cc(O)c2c1O[C@H](c1ccc(O)c(O)c1)[C@@H](O)C2. The van der Waals surface area contributed by atoms with Crippen LogP contribution in [-0.4, -0.2) is 31.6 Å². The quantitative estimate of drug-likeness (QED) is 0.543. The van der Waals surface area contributed by atoms with Crippen LogP contribution in [0.25, 0.3) is 6.08 Å². The van der Waals surface area contributed by atoms with Crippen LogP contribution < -0.4 is 4.74 Å². The van der Waals surface area contributed by atoms with Gasteiger partial charge in [0.2, 0.25) is 0 Å². The lowest BCUT2D eigenvalue weighted by Gasteiger charge is -2.32. The number of hydrogen-bond acceptors (Lipinski definition) is 6. The molecule has 23 heavy (non-hydrogen) atoms. The Morgan fingerprint density at radius 2 is 1.74 bits per heavy atom. The Labute approximate surface area is 132 Å². The molecule has 1 aliphatic rings. The van der Waals surface area contributed by atoms with Gasteiger partial charge in [0.15, 0.2) is 11.5 Å². The third-order valence-electron chi connectivity index (χ3n) is 3.92. The molecule has 6 heteroatoms. The van der Waals surface area contributed by atoms with Crippen LogP contribution in [0.5, 0.6) is 28.7 Å². The number of hydrogen-bond donors (Lipinski definition) is 5. The van der Waals surface area contributed by atoms with Gasteiger partial charge in [0.25, 0.3) is 0 Å². The van der Waals surface area contributed by atoms with Gasteiger partial charge in [-0.15, -0.1) is 0 Å². The molecule has 120 valence electrons. The average molecular weight is 316 g/mol. The highest BCUT2D eigenvalue weighted by Crippen LogP contribution is 2.46. The van der Waals surface area contributed by atoms with E-state index in [1.54, 1.807) is 0 Å². The molecule has 5 N–H and O–H groups in total. The molecule has 0 spiro atoms. The summed E-state index contributed by atoms with van der Waals surface area (Å²) < 4.78 is 5.77. The van der Waals surface area contributed by atoms with Crippen molar-refractivity contribution < 1.29 is 30.3 Å². The Bertz CT molecular complexity index is 783. The first-order valence-corrected chi connectivity index (χ1v) is 6.99. The van der Waals surface area contributed by atoms with Gasteiger partial charge in [0.1, 0.15) is 23.4 Å². The fourth-order valence-corrected chi connectivity index (χ4v) is 2.75. The summed E-state index contributed by atoms with van der Waals surface area (Å²) in [6, 6.07) is 5.29. The number of fused-ring (bicyclic) bond motifs is 1. The summed E-state index contributed by atoms with van der Waals surface area (Å²) in [5.74, 6) is -0.720. The summed E-state index contributed by atoms with van der Waals surface area (Å²) in [5, 5.41) is 49.2. The second-order valence-corrected chi connectivity index (χ2v) is 5.40. The van der Waals surface area contributed by atoms with E-state index in [2.05, 4.69) is 6.58 Å². The number of aliphatic hydroxyl groups excluding tert-OH is 1. The number of ether oxygens (including phenoxy) is 1. The highest BCUT2D eigenvalue weighted by atomic mass is 16.5. The van der Waals surface area contributed by atoms with E-state index in [9.17, 15) is 25.5 Å². The summed E-state index contributed by atoms with van der Waals surface area (Å²) in [7, 11) is 0. The normalized spacial score (nSPS) is 19.7. The number of aliphatic hydroxyl groups is 1. The van der Waals surface area contributed by atoms with Gasteiger partial charge in [-0.3, -0.25) is 0 Å². The lowest BCUT2D eigenvalue weighted by Crippen LogP contribution is -2.30. The van der Waals surface area contributed by atoms with Crippen molar-refractivity contribution in [3.63, 3.8) is 0 Å². The van der Waals surface area contributed by atoms with E-state index in [-0.39, 0.29) is 35.2 Å². The van der Waals surface area contributed by atoms with E-state index in [1.165, 1.54) is 30.3 Å². The third kappa shape index (κ3) is 2.43. The lowest BCUT2D eigenvalue weighted by atomic mass is 9.92. The van der Waals surface area contributed by atoms with Crippen molar-refractivity contribution in [1.29, 1.82) is 0 Å². The fourth-order valence-electron chi connectivity index (χ4n) is 2.75. The van der Waals surface area contributed by atoms with Gasteiger partial charge in [-0.25, -0.2) is 0 Å². The molecule has 0 fully saturated rings. The second kappa shape index (κ2) is 5.40. The van der Waals surface area contributed by atoms with Gasteiger partial charge < -0.3 is 30.3 Å². The smallest absolute Gasteiger partial charge is 0.157 e. The number of phenols is 4. The highest BCUT2D eigenvalue weighted by molar-refractivity contribution is 5.69. The molecule has 0 amide bonds. The summed E-state index contributed by atoms with van der Waals surface area (Å²) in [6.07, 6.45) is -0.293. The Kier molecular flexibility index (Phi) is 3.54. The minimum absolute atomic E-state index is 0.106. The summed E-state index contributed by atoms with van der Waals surface area (Å²) in [5.41, 5.74) is 1.15. The topological polar surface area (TPSA) is 110 Å². The lowest BCUT2D eigenvalue weighted by molar-refractivity contribution is 0.0195. The minimum Gasteiger partial charge on any atom is -0.507 e. The monoisotopic (exact) mass is 316 g/mol. The van der Waals surface area contributed by atoms with Crippen LogP contribution in [0.4, 0.5) is 0 Å². The number of aromatic hydroxyl groups is 4. The molecular formula is C17H16O6. The molecule has 2 atom stereocenters. The van der Waals surface area contributed by atoms with Crippen molar-refractivity contribution >= 4 is 6.08 Å². The first-order valence-electron chi connectivity index (χ1n) is 6.99. The standard InChI is InChI=1S/C17H16O6/c1-2-9-12(19)7-13(20)10-6-15(22)16(23-17(9)10)8-3-4-11(18)14(21)5-8/h2-5,7,15-16,18-22H,1,6H2/t15-,16+/m0/s1. The fraction of sp³-hybridized carbons (Fsp3) is 0.176. The van der Waals surface area contributed by atoms with Crippen LogP contribution in [0.15, 0.2) is 30.8 Å². The van der Waals surface area contributed by atoms with E-state index in [0.717, 1.165) is 0 Å². The van der Waals surface area contributed by atoms with Crippen LogP contribution in [0.2, 0.25) is 0 Å². The molecule has 1 heterocycles. The highest BCUT2D eigenvalue weighted by Gasteiger charge is 2.34. The van der Waals surface area contributed by atoms with Crippen molar-refractivity contribution in [3.8, 4) is 28.7 Å². The zero-order valence-corrected chi connectivity index (χ0v) is 12.1. The van der Waals surface area contributed by atoms with Gasteiger partial charge in [-0.2, -0.15) is 0 Å². The van der Waals surface area contributed by atoms with Crippen molar-refractivity contribution in [1.82, 2.24) is 0 Å². The molecule has 3 rings (SSSR count). The molecule has 2 aromatic rings. The van der Waals surface area contributed by atoms with Gasteiger partial charge in [-0.1, -0.05) is 18.7 Å². The molecule has 1 aliphatic heterocycles. The van der Waals surface area contributed by atoms with E-state index in [4.69, 9.17) is 4.74 Å². The molecule has 0 aliphatic carbocycles. The van der Waals surface area contributed by atoms with E-state index < -0.39 is 12.2 Å². The molecule has 0 unspecified atom stereocenters. The molecule has 2 aromatic carbocycles. The third-order valence-corrected chi connectivity index (χ3v) is 3.92. The first-order chi connectivity index (χ1) is 10.9. The minimum atomic E-state index is -0.973. The first kappa shape index (κ1) is 15.1. The molecule has 0 saturated carbocycles. The van der Waals surface area contributed by atoms with Crippen LogP contribution >= 0.6 is 0 Å². The van der Waals surface area contributed by atoms with Gasteiger partial charge in [0, 0.05) is 18.1 Å². The van der Waals surface area contributed by atoms with Crippen molar-refractivity contribution in [3.05, 3.63) is 47.5 Å². The molecule has 0 saturated heterocycles. The van der Waals surface area contributed by atoms with E-state index in [1.807, 2.05) is 0 Å². The number of rotatable bonds is 2. The molecule has 0 radical (unpaired) electrons. The van der Waals surface area contributed by atoms with Gasteiger partial charge in [0.05, 0.1) is 11.7 Å². The Hall–Kier alpha value is -2.86. The van der Waals surface area contributed by atoms with Crippen LogP contribution in [0.3, 0.4) is 0 Å². The maximum absolute atomic E-state index is 10.3. The largest absolute Gasteiger partial charge is 0.507 e. The zero-order valence-electron chi connectivity index (χ0n) is 12.1. The summed E-state index contributed by atoms with van der Waals surface area (Å²) in [4.78, 5) is 0. The zero-order chi connectivity index (χ0) is 16.7. The van der Waals surface area contributed by atoms with Gasteiger partial charge in [-0.05, 0) is 17.7 Å². The van der Waals surface area contributed by atoms with Crippen LogP contribution in [0, 0.1) is 0 Å². The maximum atomic E-state index is 10.3. The predicted molar refractivity (Wildman–Crippen MR) is 82.7 cm³/mol. The van der Waals surface area contributed by atoms with Crippen molar-refractivity contribution in [2.45, 2.75) is 18.6 Å². The number of benzene rings is 2. The Morgan fingerprint density at radius 3 is 2.39 bits per heavy atom. The van der Waals surface area contributed by atoms with Gasteiger partial charge >= 0.3 is 0 Å². The second-order valence-electron chi connectivity index (χ2n) is 5.40. The number of phenolic OH excluding ortho intramolecular Hbond substituents is 4. The Balaban J connectivity index is 2.09. The predicted octanol–water partition coefficient (Wildman–Crippen LogP) is 2.19. The molecule has 0 bridgehead atoms. The molecule has 0 aromatic heterocycles. The van der Waals surface area contributed by atoms with Crippen molar-refractivity contribution in [2.24, 2.45) is 0 Å². The average Bonchev–Trinajstić information content (AvgIpc) is 2.51. The molecule has 6 nitrogen and oxygen atoms in total. The van der Waals surface area contributed by atoms with Crippen LogP contribution in [0.1, 0.15) is 22.8 Å². The Morgan fingerprint density at radius 1 is 1.00 bits per heavy atom.